The van der Waals surface area contributed by atoms with Crippen molar-refractivity contribution in [2.75, 3.05) is 12.4 Å². The van der Waals surface area contributed by atoms with Crippen LogP contribution in [0.5, 0.6) is 11.5 Å². The lowest BCUT2D eigenvalue weighted by Crippen LogP contribution is -2.20. The van der Waals surface area contributed by atoms with Crippen molar-refractivity contribution in [1.82, 2.24) is 5.32 Å². The van der Waals surface area contributed by atoms with Crippen molar-refractivity contribution in [3.63, 3.8) is 0 Å². The molecule has 2 amide bonds. The average Bonchev–Trinajstić information content (AvgIpc) is 3.10. The Morgan fingerprint density at radius 1 is 0.880 bits per heavy atom. The van der Waals surface area contributed by atoms with E-state index >= 15 is 0 Å². The highest BCUT2D eigenvalue weighted by Gasteiger charge is 2.17. The molecular formula is C19H16N2O3S. The van der Waals surface area contributed by atoms with Gasteiger partial charge in [0.1, 0.15) is 16.5 Å². The van der Waals surface area contributed by atoms with Crippen LogP contribution in [-0.4, -0.2) is 18.9 Å². The molecule has 6 heteroatoms. The third-order valence-corrected chi connectivity index (χ3v) is 4.30. The van der Waals surface area contributed by atoms with Gasteiger partial charge < -0.3 is 15.4 Å². The van der Waals surface area contributed by atoms with E-state index in [1.165, 1.54) is 11.3 Å². The standard InChI is InChI=1S/C19H16N2O3S/c1-20-17(22)15-11-12-25-19(15)21-18(23)14-9-5-6-10-16(14)24-13-7-3-2-4-8-13/h2-12H,1H3,(H,20,22)(H,21,23). The van der Waals surface area contributed by atoms with Crippen molar-refractivity contribution >= 4 is 28.2 Å². The maximum absolute atomic E-state index is 12.7. The number of ether oxygens (including phenoxy) is 1. The Kier molecular flexibility index (Phi) is 5.11. The molecule has 2 aromatic carbocycles. The Hall–Kier alpha value is -3.12. The number of hydrogen-bond acceptors (Lipinski definition) is 4. The summed E-state index contributed by atoms with van der Waals surface area (Å²) in [7, 11) is 1.55. The average molecular weight is 352 g/mol. The first-order chi connectivity index (χ1) is 12.2. The fraction of sp³-hybridized carbons (Fsp3) is 0.0526. The van der Waals surface area contributed by atoms with E-state index in [1.807, 2.05) is 30.3 Å². The maximum Gasteiger partial charge on any atom is 0.260 e. The molecule has 3 rings (SSSR count). The summed E-state index contributed by atoms with van der Waals surface area (Å²) < 4.78 is 5.81. The first-order valence-corrected chi connectivity index (χ1v) is 8.50. The number of nitrogens with one attached hydrogen (secondary N) is 2. The quantitative estimate of drug-likeness (QED) is 0.725. The molecule has 2 N–H and O–H groups in total. The van der Waals surface area contributed by atoms with E-state index in [-0.39, 0.29) is 11.8 Å². The van der Waals surface area contributed by atoms with E-state index in [2.05, 4.69) is 10.6 Å². The second-order valence-corrected chi connectivity index (χ2v) is 6.02. The highest BCUT2D eigenvalue weighted by atomic mass is 32.1. The zero-order valence-electron chi connectivity index (χ0n) is 13.5. The number of benzene rings is 2. The zero-order chi connectivity index (χ0) is 17.6. The first-order valence-electron chi connectivity index (χ1n) is 7.62. The second kappa shape index (κ2) is 7.63. The summed E-state index contributed by atoms with van der Waals surface area (Å²) in [6, 6.07) is 17.9. The number of hydrogen-bond donors (Lipinski definition) is 2. The molecule has 126 valence electrons. The highest BCUT2D eigenvalue weighted by Crippen LogP contribution is 2.28. The molecule has 0 bridgehead atoms. The molecule has 0 aliphatic carbocycles. The van der Waals surface area contributed by atoms with Gasteiger partial charge in [-0.2, -0.15) is 0 Å². The van der Waals surface area contributed by atoms with Crippen molar-refractivity contribution in [3.05, 3.63) is 77.2 Å². The lowest BCUT2D eigenvalue weighted by atomic mass is 10.2. The van der Waals surface area contributed by atoms with Crippen LogP contribution in [0.2, 0.25) is 0 Å². The number of amides is 2. The number of carbonyl (C=O) groups is 2. The summed E-state index contributed by atoms with van der Waals surface area (Å²) in [5.74, 6) is 0.513. The van der Waals surface area contributed by atoms with Gasteiger partial charge in [-0.05, 0) is 35.7 Å². The van der Waals surface area contributed by atoms with Gasteiger partial charge in [0, 0.05) is 7.05 Å². The van der Waals surface area contributed by atoms with E-state index in [0.717, 1.165) is 0 Å². The van der Waals surface area contributed by atoms with Gasteiger partial charge in [-0.1, -0.05) is 30.3 Å². The normalized spacial score (nSPS) is 10.1. The van der Waals surface area contributed by atoms with E-state index in [0.29, 0.717) is 27.6 Å². The molecule has 0 saturated carbocycles. The zero-order valence-corrected chi connectivity index (χ0v) is 14.3. The van der Waals surface area contributed by atoms with Gasteiger partial charge in [0.15, 0.2) is 0 Å². The molecule has 0 aliphatic rings. The molecule has 3 aromatic rings. The smallest absolute Gasteiger partial charge is 0.260 e. The van der Waals surface area contributed by atoms with Crippen LogP contribution in [0.25, 0.3) is 0 Å². The molecule has 1 heterocycles. The lowest BCUT2D eigenvalue weighted by Gasteiger charge is -2.11. The molecule has 0 aliphatic heterocycles. The van der Waals surface area contributed by atoms with Crippen molar-refractivity contribution in [2.24, 2.45) is 0 Å². The lowest BCUT2D eigenvalue weighted by molar-refractivity contribution is 0.0964. The van der Waals surface area contributed by atoms with Gasteiger partial charge in [0.25, 0.3) is 11.8 Å². The highest BCUT2D eigenvalue weighted by molar-refractivity contribution is 7.14. The fourth-order valence-electron chi connectivity index (χ4n) is 2.25. The number of rotatable bonds is 5. The third kappa shape index (κ3) is 3.87. The molecule has 0 spiro atoms. The summed E-state index contributed by atoms with van der Waals surface area (Å²) in [6.45, 7) is 0. The van der Waals surface area contributed by atoms with Crippen LogP contribution in [0.3, 0.4) is 0 Å². The van der Waals surface area contributed by atoms with E-state index in [9.17, 15) is 9.59 Å². The van der Waals surface area contributed by atoms with Crippen LogP contribution in [0.1, 0.15) is 20.7 Å². The van der Waals surface area contributed by atoms with Gasteiger partial charge in [0.05, 0.1) is 11.1 Å². The van der Waals surface area contributed by atoms with E-state index in [4.69, 9.17) is 4.74 Å². The van der Waals surface area contributed by atoms with Gasteiger partial charge >= 0.3 is 0 Å². The second-order valence-electron chi connectivity index (χ2n) is 5.11. The molecule has 0 unspecified atom stereocenters. The predicted molar refractivity (Wildman–Crippen MR) is 98.6 cm³/mol. The number of thiophene rings is 1. The third-order valence-electron chi connectivity index (χ3n) is 3.47. The minimum absolute atomic E-state index is 0.245. The fourth-order valence-corrected chi connectivity index (χ4v) is 3.03. The minimum atomic E-state index is -0.334. The maximum atomic E-state index is 12.7. The Balaban J connectivity index is 1.84. The molecule has 25 heavy (non-hydrogen) atoms. The van der Waals surface area contributed by atoms with Gasteiger partial charge in [0.2, 0.25) is 0 Å². The predicted octanol–water partition coefficient (Wildman–Crippen LogP) is 4.15. The minimum Gasteiger partial charge on any atom is -0.457 e. The van der Waals surface area contributed by atoms with Crippen LogP contribution in [0.15, 0.2) is 66.0 Å². The summed E-state index contributed by atoms with van der Waals surface area (Å²) in [5, 5.41) is 7.60. The summed E-state index contributed by atoms with van der Waals surface area (Å²) in [5.41, 5.74) is 0.824. The van der Waals surface area contributed by atoms with Crippen LogP contribution in [-0.2, 0) is 0 Å². The van der Waals surface area contributed by atoms with E-state index in [1.54, 1.807) is 42.8 Å². The molecule has 1 aromatic heterocycles. The van der Waals surface area contributed by atoms with Gasteiger partial charge in [-0.15, -0.1) is 11.3 Å². The molecule has 5 nitrogen and oxygen atoms in total. The van der Waals surface area contributed by atoms with Crippen LogP contribution >= 0.6 is 11.3 Å². The molecule has 0 radical (unpaired) electrons. The molecular weight excluding hydrogens is 336 g/mol. The van der Waals surface area contributed by atoms with Crippen LogP contribution in [0, 0.1) is 0 Å². The number of anilines is 1. The number of carbonyl (C=O) groups excluding carboxylic acids is 2. The Morgan fingerprint density at radius 2 is 1.60 bits per heavy atom. The summed E-state index contributed by atoms with van der Waals surface area (Å²) in [6.07, 6.45) is 0. The van der Waals surface area contributed by atoms with Gasteiger partial charge in [-0.3, -0.25) is 9.59 Å². The van der Waals surface area contributed by atoms with Gasteiger partial charge in [-0.25, -0.2) is 0 Å². The van der Waals surface area contributed by atoms with E-state index < -0.39 is 0 Å². The van der Waals surface area contributed by atoms with Crippen molar-refractivity contribution < 1.29 is 14.3 Å². The Labute approximate surface area is 149 Å². The monoisotopic (exact) mass is 352 g/mol. The summed E-state index contributed by atoms with van der Waals surface area (Å²) >= 11 is 1.29. The number of para-hydroxylation sites is 2. The van der Waals surface area contributed by atoms with Crippen molar-refractivity contribution in [1.29, 1.82) is 0 Å². The topological polar surface area (TPSA) is 67.4 Å². The van der Waals surface area contributed by atoms with Crippen molar-refractivity contribution in [2.45, 2.75) is 0 Å². The summed E-state index contributed by atoms with van der Waals surface area (Å²) in [4.78, 5) is 24.5. The molecule has 0 atom stereocenters. The largest absolute Gasteiger partial charge is 0.457 e. The van der Waals surface area contributed by atoms with Crippen LogP contribution in [0.4, 0.5) is 5.00 Å². The van der Waals surface area contributed by atoms with Crippen molar-refractivity contribution in [3.8, 4) is 11.5 Å². The Morgan fingerprint density at radius 3 is 2.36 bits per heavy atom. The van der Waals surface area contributed by atoms with Crippen LogP contribution < -0.4 is 15.4 Å². The molecule has 0 fully saturated rings. The first kappa shape index (κ1) is 16.7. The SMILES string of the molecule is CNC(=O)c1ccsc1NC(=O)c1ccccc1Oc1ccccc1. The Bertz CT molecular complexity index is 890. The molecule has 0 saturated heterocycles.